The van der Waals surface area contributed by atoms with Crippen LogP contribution in [0.25, 0.3) is 0 Å². The van der Waals surface area contributed by atoms with E-state index in [4.69, 9.17) is 0 Å². The molecule has 59 heavy (non-hydrogen) atoms. The standard InChI is InChI=1S/C45H71N5O9/c1-29(36-11-12-37-35-10-7-31-23-34(51)14-15-44(31,2)38(35)24-39(52)45(36,37)3)4-13-40(53)47-32-8-5-30(6-9-32)22-33(46-25-41(54)55)26-48-16-18-49(27-42(56)57)20-21-50(19-17-48)28-43(58)59/h5-6,8-9,29,31,33-39,46,51-52H,4,7,10-28H2,1-3H3,(H,47,53)(H,54,55)(H,56,57)(H,58,59)/t29-,31-,33?,34-,35+,36-,37+,38+,39+,44+,45-/m1/s1. The van der Waals surface area contributed by atoms with Gasteiger partial charge in [-0.15, -0.1) is 0 Å². The quantitative estimate of drug-likeness (QED) is 0.127. The van der Waals surface area contributed by atoms with Crippen molar-refractivity contribution in [3.8, 4) is 0 Å². The molecule has 1 aromatic rings. The maximum absolute atomic E-state index is 13.3. The van der Waals surface area contributed by atoms with Crippen LogP contribution < -0.4 is 10.6 Å². The molecule has 11 atom stereocenters. The number of hydrogen-bond acceptors (Lipinski definition) is 10. The van der Waals surface area contributed by atoms with E-state index in [0.717, 1.165) is 50.5 Å². The molecule has 4 aliphatic carbocycles. The number of aliphatic carboxylic acids is 3. The summed E-state index contributed by atoms with van der Waals surface area (Å²) in [6.45, 7) is 9.99. The summed E-state index contributed by atoms with van der Waals surface area (Å²) in [7, 11) is 0. The van der Waals surface area contributed by atoms with Gasteiger partial charge in [-0.05, 0) is 128 Å². The van der Waals surface area contributed by atoms with Gasteiger partial charge in [0.1, 0.15) is 0 Å². The van der Waals surface area contributed by atoms with Gasteiger partial charge in [-0.1, -0.05) is 32.9 Å². The van der Waals surface area contributed by atoms with Crippen molar-refractivity contribution in [1.82, 2.24) is 20.0 Å². The van der Waals surface area contributed by atoms with Gasteiger partial charge in [0.05, 0.1) is 31.8 Å². The van der Waals surface area contributed by atoms with Crippen molar-refractivity contribution in [3.63, 3.8) is 0 Å². The summed E-state index contributed by atoms with van der Waals surface area (Å²) in [4.78, 5) is 53.6. The van der Waals surface area contributed by atoms with Gasteiger partial charge in [0, 0.05) is 64.0 Å². The van der Waals surface area contributed by atoms with Gasteiger partial charge in [0.15, 0.2) is 0 Å². The smallest absolute Gasteiger partial charge is 0.317 e. The van der Waals surface area contributed by atoms with E-state index >= 15 is 0 Å². The molecule has 330 valence electrons. The molecule has 5 aliphatic rings. The lowest BCUT2D eigenvalue weighted by Crippen LogP contribution is -2.58. The highest BCUT2D eigenvalue weighted by atomic mass is 16.4. The molecule has 6 rings (SSSR count). The average molecular weight is 826 g/mol. The first-order chi connectivity index (χ1) is 28.0. The van der Waals surface area contributed by atoms with Gasteiger partial charge in [-0.25, -0.2) is 0 Å². The van der Waals surface area contributed by atoms with Gasteiger partial charge in [-0.3, -0.25) is 33.9 Å². The van der Waals surface area contributed by atoms with Crippen LogP contribution in [-0.2, 0) is 25.6 Å². The molecule has 7 N–H and O–H groups in total. The second-order valence-electron chi connectivity index (χ2n) is 19.5. The molecule has 1 aromatic carbocycles. The number of nitrogens with one attached hydrogen (secondary N) is 2. The number of carboxylic acids is 3. The average Bonchev–Trinajstić information content (AvgIpc) is 3.58. The molecule has 1 heterocycles. The predicted molar refractivity (Wildman–Crippen MR) is 224 cm³/mol. The highest BCUT2D eigenvalue weighted by Gasteiger charge is 2.63. The minimum atomic E-state index is -0.976. The van der Waals surface area contributed by atoms with Crippen LogP contribution in [0, 0.1) is 46.3 Å². The third-order valence-corrected chi connectivity index (χ3v) is 16.0. The Kier molecular flexibility index (Phi) is 15.2. The van der Waals surface area contributed by atoms with Crippen molar-refractivity contribution in [2.24, 2.45) is 46.3 Å². The Morgan fingerprint density at radius 2 is 1.41 bits per heavy atom. The zero-order valence-electron chi connectivity index (χ0n) is 35.6. The van der Waals surface area contributed by atoms with Gasteiger partial charge < -0.3 is 36.2 Å². The van der Waals surface area contributed by atoms with E-state index in [1.165, 1.54) is 12.8 Å². The number of benzene rings is 1. The van der Waals surface area contributed by atoms with Gasteiger partial charge >= 0.3 is 17.9 Å². The number of aliphatic hydroxyl groups excluding tert-OH is 2. The lowest BCUT2D eigenvalue weighted by Gasteiger charge is -2.62. The number of amides is 1. The summed E-state index contributed by atoms with van der Waals surface area (Å²) in [6.07, 6.45) is 9.49. The number of hydrogen-bond donors (Lipinski definition) is 7. The number of fused-ring (bicyclic) bond motifs is 5. The molecule has 1 amide bonds. The van der Waals surface area contributed by atoms with Crippen molar-refractivity contribution < 1.29 is 44.7 Å². The van der Waals surface area contributed by atoms with Gasteiger partial charge in [0.25, 0.3) is 0 Å². The van der Waals surface area contributed by atoms with Crippen LogP contribution in [0.2, 0.25) is 0 Å². The maximum atomic E-state index is 13.3. The monoisotopic (exact) mass is 826 g/mol. The van der Waals surface area contributed by atoms with Crippen LogP contribution in [-0.4, -0.2) is 148 Å². The normalized spacial score (nSPS) is 34.2. The molecule has 14 nitrogen and oxygen atoms in total. The van der Waals surface area contributed by atoms with Crippen LogP contribution in [0.3, 0.4) is 0 Å². The van der Waals surface area contributed by atoms with E-state index in [1.54, 1.807) is 9.80 Å². The third-order valence-electron chi connectivity index (χ3n) is 16.0. The van der Waals surface area contributed by atoms with Crippen LogP contribution >= 0.6 is 0 Å². The van der Waals surface area contributed by atoms with Crippen molar-refractivity contribution in [1.29, 1.82) is 0 Å². The first-order valence-electron chi connectivity index (χ1n) is 22.4. The minimum absolute atomic E-state index is 0.0397. The SMILES string of the molecule is C[C@H](CCC(=O)Nc1ccc(CC(CN2CCN(CC(=O)O)CCN(CC(=O)O)CC2)NCC(=O)O)cc1)[C@H]1CC[C@H]2[C@@H]3CC[C@@H]4C[C@H](O)CC[C@]4(C)[C@H]3C[C@H](O)[C@]12C. The molecule has 0 spiro atoms. The lowest BCUT2D eigenvalue weighted by molar-refractivity contribution is -0.174. The van der Waals surface area contributed by atoms with Crippen LogP contribution in [0.4, 0.5) is 5.69 Å². The fourth-order valence-corrected chi connectivity index (χ4v) is 12.8. The Hall–Kier alpha value is -3.14. The first kappa shape index (κ1) is 45.4. The second-order valence-corrected chi connectivity index (χ2v) is 19.5. The van der Waals surface area contributed by atoms with Crippen molar-refractivity contribution in [3.05, 3.63) is 29.8 Å². The molecule has 5 fully saturated rings. The molecule has 1 unspecified atom stereocenters. The Morgan fingerprint density at radius 1 is 0.780 bits per heavy atom. The summed E-state index contributed by atoms with van der Waals surface area (Å²) in [5.41, 5.74) is 1.72. The van der Waals surface area contributed by atoms with E-state index < -0.39 is 17.9 Å². The summed E-state index contributed by atoms with van der Waals surface area (Å²) >= 11 is 0. The molecule has 4 saturated carbocycles. The van der Waals surface area contributed by atoms with Crippen LogP contribution in [0.15, 0.2) is 24.3 Å². The number of carbonyl (C=O) groups is 4. The fraction of sp³-hybridized carbons (Fsp3) is 0.778. The summed E-state index contributed by atoms with van der Waals surface area (Å²) in [5.74, 6) is -0.0338. The number of aliphatic hydroxyl groups is 2. The molecule has 0 aromatic heterocycles. The topological polar surface area (TPSA) is 203 Å². The second kappa shape index (κ2) is 19.7. The minimum Gasteiger partial charge on any atom is -0.480 e. The third kappa shape index (κ3) is 11.0. The Bertz CT molecular complexity index is 1590. The number of nitrogens with zero attached hydrogens (tertiary/aromatic N) is 3. The van der Waals surface area contributed by atoms with Crippen molar-refractivity contribution in [2.45, 2.75) is 110 Å². The highest BCUT2D eigenvalue weighted by molar-refractivity contribution is 5.90. The van der Waals surface area contributed by atoms with Crippen molar-refractivity contribution in [2.75, 3.05) is 70.8 Å². The van der Waals surface area contributed by atoms with Gasteiger partial charge in [-0.2, -0.15) is 0 Å². The predicted octanol–water partition coefficient (Wildman–Crippen LogP) is 3.71. The Morgan fingerprint density at radius 3 is 2.02 bits per heavy atom. The number of carboxylic acid groups (broad SMARTS) is 3. The fourth-order valence-electron chi connectivity index (χ4n) is 12.8. The summed E-state index contributed by atoms with van der Waals surface area (Å²) in [5, 5.41) is 56.9. The first-order valence-corrected chi connectivity index (χ1v) is 22.4. The largest absolute Gasteiger partial charge is 0.480 e. The van der Waals surface area contributed by atoms with Crippen LogP contribution in [0.1, 0.15) is 90.5 Å². The highest BCUT2D eigenvalue weighted by Crippen LogP contribution is 2.68. The molecular weight excluding hydrogens is 755 g/mol. The molecule has 0 bridgehead atoms. The summed E-state index contributed by atoms with van der Waals surface area (Å²) in [6, 6.07) is 7.38. The zero-order chi connectivity index (χ0) is 42.5. The Balaban J connectivity index is 1.01. The number of carbonyl (C=O) groups excluding carboxylic acids is 1. The van der Waals surface area contributed by atoms with Crippen LogP contribution in [0.5, 0.6) is 0 Å². The summed E-state index contributed by atoms with van der Waals surface area (Å²) < 4.78 is 0. The van der Waals surface area contributed by atoms with E-state index in [1.807, 2.05) is 24.3 Å². The zero-order valence-corrected chi connectivity index (χ0v) is 35.6. The molecule has 0 radical (unpaired) electrons. The van der Waals surface area contributed by atoms with E-state index in [2.05, 4.69) is 36.3 Å². The molecular formula is C45H71N5O9. The number of rotatable bonds is 16. The molecule has 14 heteroatoms. The maximum Gasteiger partial charge on any atom is 0.317 e. The van der Waals surface area contributed by atoms with Gasteiger partial charge in [0.2, 0.25) is 5.91 Å². The van der Waals surface area contributed by atoms with E-state index in [-0.39, 0.29) is 54.6 Å². The van der Waals surface area contributed by atoms with E-state index in [0.29, 0.717) is 99.8 Å². The number of anilines is 1. The molecule has 1 aliphatic heterocycles. The molecule has 1 saturated heterocycles. The Labute approximate surface area is 350 Å². The van der Waals surface area contributed by atoms with E-state index in [9.17, 15) is 44.7 Å². The lowest BCUT2D eigenvalue weighted by atomic mass is 9.43. The van der Waals surface area contributed by atoms with Crippen molar-refractivity contribution >= 4 is 29.5 Å².